The molecule has 9 heteroatoms. The quantitative estimate of drug-likeness (QED) is 0.656. The van der Waals surface area contributed by atoms with Crippen LogP contribution >= 0.6 is 11.3 Å². The van der Waals surface area contributed by atoms with Crippen LogP contribution in [0.2, 0.25) is 0 Å². The molecular formula is C19H19F3N4OS. The van der Waals surface area contributed by atoms with Gasteiger partial charge in [-0.2, -0.15) is 18.3 Å². The summed E-state index contributed by atoms with van der Waals surface area (Å²) in [5.41, 5.74) is 7.23. The number of halogens is 3. The fraction of sp³-hybridized carbons (Fsp3) is 0.263. The van der Waals surface area contributed by atoms with E-state index in [1.54, 1.807) is 23.0 Å². The maximum absolute atomic E-state index is 12.9. The lowest BCUT2D eigenvalue weighted by atomic mass is 10.0. The van der Waals surface area contributed by atoms with Gasteiger partial charge in [0.1, 0.15) is 0 Å². The molecule has 5 nitrogen and oxygen atoms in total. The summed E-state index contributed by atoms with van der Waals surface area (Å²) in [6, 6.07) is 8.18. The number of thiophene rings is 1. The van der Waals surface area contributed by atoms with E-state index in [0.717, 1.165) is 23.4 Å². The van der Waals surface area contributed by atoms with Gasteiger partial charge in [0.15, 0.2) is 0 Å². The van der Waals surface area contributed by atoms with Crippen molar-refractivity contribution in [2.45, 2.75) is 18.6 Å². The molecule has 3 rings (SSSR count). The lowest BCUT2D eigenvalue weighted by Crippen LogP contribution is -2.41. The van der Waals surface area contributed by atoms with E-state index < -0.39 is 17.8 Å². The molecule has 148 valence electrons. The molecule has 1 aromatic carbocycles. The van der Waals surface area contributed by atoms with Gasteiger partial charge in [-0.25, -0.2) is 0 Å². The topological polar surface area (TPSA) is 72.9 Å². The lowest BCUT2D eigenvalue weighted by Gasteiger charge is -2.17. The number of nitrogens with two attached hydrogens (primary N) is 1. The third kappa shape index (κ3) is 4.60. The summed E-state index contributed by atoms with van der Waals surface area (Å²) in [6.45, 7) is 0.113. The van der Waals surface area contributed by atoms with Crippen molar-refractivity contribution in [1.29, 1.82) is 0 Å². The summed E-state index contributed by atoms with van der Waals surface area (Å²) >= 11 is 1.29. The zero-order valence-electron chi connectivity index (χ0n) is 15.0. The number of hydrogen-bond donors (Lipinski definition) is 2. The Morgan fingerprint density at radius 2 is 2.11 bits per heavy atom. The Labute approximate surface area is 164 Å². The van der Waals surface area contributed by atoms with E-state index in [1.807, 2.05) is 18.5 Å². The van der Waals surface area contributed by atoms with Gasteiger partial charge in [0, 0.05) is 36.8 Å². The molecule has 2 aromatic heterocycles. The van der Waals surface area contributed by atoms with Crippen molar-refractivity contribution >= 4 is 17.2 Å². The van der Waals surface area contributed by atoms with Crippen LogP contribution in [0.5, 0.6) is 0 Å². The maximum Gasteiger partial charge on any atom is 0.416 e. The number of aromatic nitrogens is 2. The molecule has 3 N–H and O–H groups in total. The molecule has 0 radical (unpaired) electrons. The SMILES string of the molecule is Cn1nccc1-c1csc(C(=O)NC(CN)Cc2cccc(C(F)(F)F)c2)c1. The van der Waals surface area contributed by atoms with Gasteiger partial charge in [-0.05, 0) is 30.2 Å². The van der Waals surface area contributed by atoms with Crippen molar-refractivity contribution in [3.8, 4) is 11.3 Å². The lowest BCUT2D eigenvalue weighted by molar-refractivity contribution is -0.137. The average molecular weight is 408 g/mol. The van der Waals surface area contributed by atoms with Crippen molar-refractivity contribution in [3.63, 3.8) is 0 Å². The first kappa shape index (κ1) is 20.1. The molecule has 2 heterocycles. The van der Waals surface area contributed by atoms with Gasteiger partial charge in [-0.1, -0.05) is 18.2 Å². The van der Waals surface area contributed by atoms with E-state index in [2.05, 4.69) is 10.4 Å². The van der Waals surface area contributed by atoms with Crippen LogP contribution in [0.15, 0.2) is 48.0 Å². The Morgan fingerprint density at radius 1 is 1.32 bits per heavy atom. The van der Waals surface area contributed by atoms with Crippen LogP contribution in [0, 0.1) is 0 Å². The number of aryl methyl sites for hydroxylation is 1. The van der Waals surface area contributed by atoms with Gasteiger partial charge in [0.05, 0.1) is 16.1 Å². The number of amides is 1. The Morgan fingerprint density at radius 3 is 2.75 bits per heavy atom. The molecule has 0 saturated heterocycles. The Hall–Kier alpha value is -2.65. The zero-order valence-corrected chi connectivity index (χ0v) is 15.8. The third-order valence-corrected chi connectivity index (χ3v) is 5.23. The first-order chi connectivity index (χ1) is 13.3. The minimum Gasteiger partial charge on any atom is -0.347 e. The summed E-state index contributed by atoms with van der Waals surface area (Å²) in [5.74, 6) is -0.305. The summed E-state index contributed by atoms with van der Waals surface area (Å²) < 4.78 is 40.3. The van der Waals surface area contributed by atoms with E-state index in [-0.39, 0.29) is 18.9 Å². The first-order valence-electron chi connectivity index (χ1n) is 8.52. The Balaban J connectivity index is 1.69. The summed E-state index contributed by atoms with van der Waals surface area (Å²) in [6.07, 6.45) is -2.52. The molecule has 0 spiro atoms. The van der Waals surface area contributed by atoms with Crippen molar-refractivity contribution in [2.24, 2.45) is 12.8 Å². The van der Waals surface area contributed by atoms with Crippen LogP contribution in [-0.2, 0) is 19.6 Å². The average Bonchev–Trinajstić information content (AvgIpc) is 3.29. The highest BCUT2D eigenvalue weighted by Gasteiger charge is 2.30. The van der Waals surface area contributed by atoms with Gasteiger partial charge in [-0.15, -0.1) is 11.3 Å². The fourth-order valence-electron chi connectivity index (χ4n) is 2.86. The molecule has 1 atom stereocenters. The highest BCUT2D eigenvalue weighted by molar-refractivity contribution is 7.12. The second-order valence-electron chi connectivity index (χ2n) is 6.35. The van der Waals surface area contributed by atoms with Crippen LogP contribution < -0.4 is 11.1 Å². The number of nitrogens with zero attached hydrogens (tertiary/aromatic N) is 2. The monoisotopic (exact) mass is 408 g/mol. The molecule has 0 aliphatic rings. The number of carbonyl (C=O) groups is 1. The van der Waals surface area contributed by atoms with Gasteiger partial charge in [-0.3, -0.25) is 9.48 Å². The second kappa shape index (κ2) is 8.15. The van der Waals surface area contributed by atoms with Gasteiger partial charge < -0.3 is 11.1 Å². The molecule has 1 unspecified atom stereocenters. The minimum absolute atomic E-state index is 0.113. The number of nitrogens with one attached hydrogen (secondary N) is 1. The van der Waals surface area contributed by atoms with Crippen LogP contribution in [0.1, 0.15) is 20.8 Å². The predicted molar refractivity (Wildman–Crippen MR) is 102 cm³/mol. The molecular weight excluding hydrogens is 389 g/mol. The molecule has 0 fully saturated rings. The standard InChI is InChI=1S/C19H19F3N4OS/c1-26-16(5-6-24-26)13-9-17(28-11-13)18(27)25-15(10-23)8-12-3-2-4-14(7-12)19(20,21)22/h2-7,9,11,15H,8,10,23H2,1H3,(H,25,27). The number of rotatable bonds is 6. The van der Waals surface area contributed by atoms with Crippen LogP contribution in [0.3, 0.4) is 0 Å². The van der Waals surface area contributed by atoms with E-state index >= 15 is 0 Å². The zero-order chi connectivity index (χ0) is 20.3. The predicted octanol–water partition coefficient (Wildman–Crippen LogP) is 3.47. The van der Waals surface area contributed by atoms with E-state index in [1.165, 1.54) is 17.4 Å². The molecule has 28 heavy (non-hydrogen) atoms. The molecule has 0 aliphatic heterocycles. The Bertz CT molecular complexity index is 964. The van der Waals surface area contributed by atoms with Gasteiger partial charge >= 0.3 is 6.18 Å². The number of benzene rings is 1. The van der Waals surface area contributed by atoms with Crippen molar-refractivity contribution in [2.75, 3.05) is 6.54 Å². The number of carbonyl (C=O) groups excluding carboxylic acids is 1. The first-order valence-corrected chi connectivity index (χ1v) is 9.40. The van der Waals surface area contributed by atoms with Gasteiger partial charge in [0.25, 0.3) is 5.91 Å². The van der Waals surface area contributed by atoms with Crippen molar-refractivity contribution < 1.29 is 18.0 Å². The number of hydrogen-bond acceptors (Lipinski definition) is 4. The van der Waals surface area contributed by atoms with Crippen LogP contribution in [0.4, 0.5) is 13.2 Å². The van der Waals surface area contributed by atoms with Gasteiger partial charge in [0.2, 0.25) is 0 Å². The minimum atomic E-state index is -4.41. The van der Waals surface area contributed by atoms with E-state index in [4.69, 9.17) is 5.73 Å². The fourth-order valence-corrected chi connectivity index (χ4v) is 3.66. The summed E-state index contributed by atoms with van der Waals surface area (Å²) in [4.78, 5) is 13.0. The summed E-state index contributed by atoms with van der Waals surface area (Å²) in [5, 5.41) is 8.77. The Kier molecular flexibility index (Phi) is 5.85. The molecule has 0 bridgehead atoms. The smallest absolute Gasteiger partial charge is 0.347 e. The molecule has 0 saturated carbocycles. The molecule has 1 amide bonds. The molecule has 3 aromatic rings. The third-order valence-electron chi connectivity index (χ3n) is 4.30. The number of alkyl halides is 3. The highest BCUT2D eigenvalue weighted by atomic mass is 32.1. The van der Waals surface area contributed by atoms with E-state index in [0.29, 0.717) is 10.4 Å². The van der Waals surface area contributed by atoms with Crippen molar-refractivity contribution in [3.05, 3.63) is 64.0 Å². The second-order valence-corrected chi connectivity index (χ2v) is 7.26. The normalized spacial score (nSPS) is 12.8. The largest absolute Gasteiger partial charge is 0.416 e. The van der Waals surface area contributed by atoms with Crippen LogP contribution in [-0.4, -0.2) is 28.3 Å². The summed E-state index contributed by atoms with van der Waals surface area (Å²) in [7, 11) is 1.81. The van der Waals surface area contributed by atoms with Crippen LogP contribution in [0.25, 0.3) is 11.3 Å². The maximum atomic E-state index is 12.9. The highest BCUT2D eigenvalue weighted by Crippen LogP contribution is 2.30. The van der Waals surface area contributed by atoms with Crippen molar-refractivity contribution in [1.82, 2.24) is 15.1 Å². The van der Waals surface area contributed by atoms with E-state index in [9.17, 15) is 18.0 Å². The molecule has 0 aliphatic carbocycles.